The van der Waals surface area contributed by atoms with E-state index in [1.807, 2.05) is 12.1 Å². The summed E-state index contributed by atoms with van der Waals surface area (Å²) in [5, 5.41) is 0.453. The van der Waals surface area contributed by atoms with Gasteiger partial charge in [0.15, 0.2) is 11.5 Å². The zero-order chi connectivity index (χ0) is 15.0. The van der Waals surface area contributed by atoms with E-state index in [1.54, 1.807) is 12.1 Å². The number of fused-ring (bicyclic) bond motifs is 1. The highest BCUT2D eigenvalue weighted by Crippen LogP contribution is 2.40. The normalized spacial score (nSPS) is 17.2. The standard InChI is InChI=1S/C17H16ClNO2/c1-2-10-3-5-11(6-4-10)16-9-15(20)13-7-12(18)8-14(19)17(13)21-16/h3-8,16H,2,9,19H2,1H3. The smallest absolute Gasteiger partial charge is 0.170 e. The molecule has 0 fully saturated rings. The quantitative estimate of drug-likeness (QED) is 0.846. The molecule has 0 aliphatic carbocycles. The predicted octanol–water partition coefficient (Wildman–Crippen LogP) is 4.19. The number of rotatable bonds is 2. The third-order valence-corrected chi connectivity index (χ3v) is 3.99. The monoisotopic (exact) mass is 301 g/mol. The molecular formula is C17H16ClNO2. The fourth-order valence-corrected chi connectivity index (χ4v) is 2.80. The van der Waals surface area contributed by atoms with Gasteiger partial charge in [0.1, 0.15) is 6.10 Å². The third kappa shape index (κ3) is 2.61. The van der Waals surface area contributed by atoms with Gasteiger partial charge in [-0.3, -0.25) is 4.79 Å². The number of ether oxygens (including phenoxy) is 1. The Balaban J connectivity index is 1.95. The van der Waals surface area contributed by atoms with E-state index < -0.39 is 0 Å². The van der Waals surface area contributed by atoms with Gasteiger partial charge in [-0.05, 0) is 29.7 Å². The second kappa shape index (κ2) is 5.41. The molecular weight excluding hydrogens is 286 g/mol. The second-order valence-electron chi connectivity index (χ2n) is 5.20. The highest BCUT2D eigenvalue weighted by atomic mass is 35.5. The van der Waals surface area contributed by atoms with E-state index in [0.29, 0.717) is 28.4 Å². The van der Waals surface area contributed by atoms with Crippen molar-refractivity contribution in [3.8, 4) is 5.75 Å². The van der Waals surface area contributed by atoms with E-state index in [0.717, 1.165) is 12.0 Å². The van der Waals surface area contributed by atoms with Crippen molar-refractivity contribution in [1.82, 2.24) is 0 Å². The van der Waals surface area contributed by atoms with Crippen molar-refractivity contribution in [2.45, 2.75) is 25.9 Å². The van der Waals surface area contributed by atoms with Crippen LogP contribution < -0.4 is 10.5 Å². The minimum atomic E-state index is -0.292. The Morgan fingerprint density at radius 2 is 2.00 bits per heavy atom. The number of carbonyl (C=O) groups is 1. The number of hydrogen-bond acceptors (Lipinski definition) is 3. The van der Waals surface area contributed by atoms with Crippen LogP contribution in [0.2, 0.25) is 5.02 Å². The molecule has 2 aromatic rings. The Hall–Kier alpha value is -2.00. The summed E-state index contributed by atoms with van der Waals surface area (Å²) in [6, 6.07) is 11.4. The highest BCUT2D eigenvalue weighted by Gasteiger charge is 2.29. The number of anilines is 1. The molecule has 108 valence electrons. The first-order valence-corrected chi connectivity index (χ1v) is 7.34. The Morgan fingerprint density at radius 1 is 1.29 bits per heavy atom. The van der Waals surface area contributed by atoms with Crippen molar-refractivity contribution in [2.24, 2.45) is 0 Å². The second-order valence-corrected chi connectivity index (χ2v) is 5.64. The van der Waals surface area contributed by atoms with E-state index in [9.17, 15) is 4.79 Å². The summed E-state index contributed by atoms with van der Waals surface area (Å²) in [6.45, 7) is 2.11. The molecule has 1 atom stereocenters. The van der Waals surface area contributed by atoms with Gasteiger partial charge < -0.3 is 10.5 Å². The molecule has 0 bridgehead atoms. The lowest BCUT2D eigenvalue weighted by Crippen LogP contribution is -2.21. The van der Waals surface area contributed by atoms with Gasteiger partial charge in [0, 0.05) is 5.02 Å². The van der Waals surface area contributed by atoms with Crippen molar-refractivity contribution in [2.75, 3.05) is 5.73 Å². The first-order chi connectivity index (χ1) is 10.1. The minimum absolute atomic E-state index is 0.00928. The molecule has 3 nitrogen and oxygen atoms in total. The molecule has 1 heterocycles. The van der Waals surface area contributed by atoms with Crippen LogP contribution in [0.4, 0.5) is 5.69 Å². The van der Waals surface area contributed by atoms with Gasteiger partial charge in [-0.25, -0.2) is 0 Å². The van der Waals surface area contributed by atoms with E-state index in [2.05, 4.69) is 19.1 Å². The van der Waals surface area contributed by atoms with Crippen molar-refractivity contribution in [3.05, 3.63) is 58.1 Å². The van der Waals surface area contributed by atoms with Crippen LogP contribution >= 0.6 is 11.6 Å². The fourth-order valence-electron chi connectivity index (χ4n) is 2.57. The van der Waals surface area contributed by atoms with Gasteiger partial charge in [0.2, 0.25) is 0 Å². The third-order valence-electron chi connectivity index (χ3n) is 3.77. The van der Waals surface area contributed by atoms with Gasteiger partial charge in [0.05, 0.1) is 17.7 Å². The summed E-state index contributed by atoms with van der Waals surface area (Å²) in [5.74, 6) is 0.454. The molecule has 1 aliphatic rings. The number of nitrogen functional groups attached to an aromatic ring is 1. The molecule has 0 saturated heterocycles. The van der Waals surface area contributed by atoms with Crippen molar-refractivity contribution in [1.29, 1.82) is 0 Å². The molecule has 1 unspecified atom stereocenters. The highest BCUT2D eigenvalue weighted by molar-refractivity contribution is 6.31. The van der Waals surface area contributed by atoms with Crippen molar-refractivity contribution in [3.63, 3.8) is 0 Å². The SMILES string of the molecule is CCc1ccc(C2CC(=O)c3cc(Cl)cc(N)c3O2)cc1. The molecule has 4 heteroatoms. The van der Waals surface area contributed by atoms with E-state index in [-0.39, 0.29) is 11.9 Å². The summed E-state index contributed by atoms with van der Waals surface area (Å²) in [5.41, 5.74) is 9.05. The van der Waals surface area contributed by atoms with Crippen molar-refractivity contribution < 1.29 is 9.53 Å². The Labute approximate surface area is 128 Å². The van der Waals surface area contributed by atoms with Gasteiger partial charge in [-0.15, -0.1) is 0 Å². The number of carbonyl (C=O) groups excluding carboxylic acids is 1. The van der Waals surface area contributed by atoms with E-state index in [4.69, 9.17) is 22.1 Å². The van der Waals surface area contributed by atoms with Gasteiger partial charge in [0.25, 0.3) is 0 Å². The lowest BCUT2D eigenvalue weighted by atomic mass is 9.95. The van der Waals surface area contributed by atoms with Gasteiger partial charge in [-0.1, -0.05) is 42.8 Å². The summed E-state index contributed by atoms with van der Waals surface area (Å²) < 4.78 is 5.94. The molecule has 0 amide bonds. The first-order valence-electron chi connectivity index (χ1n) is 6.96. The molecule has 0 radical (unpaired) electrons. The molecule has 2 aromatic carbocycles. The van der Waals surface area contributed by atoms with Crippen molar-refractivity contribution >= 4 is 23.1 Å². The number of ketones is 1. The van der Waals surface area contributed by atoms with Gasteiger partial charge >= 0.3 is 0 Å². The zero-order valence-corrected chi connectivity index (χ0v) is 12.5. The number of benzene rings is 2. The Kier molecular flexibility index (Phi) is 3.60. The molecule has 3 rings (SSSR count). The van der Waals surface area contributed by atoms with E-state index >= 15 is 0 Å². The van der Waals surface area contributed by atoms with Crippen LogP contribution in [0.3, 0.4) is 0 Å². The molecule has 0 saturated carbocycles. The maximum Gasteiger partial charge on any atom is 0.170 e. The number of aryl methyl sites for hydroxylation is 1. The summed E-state index contributed by atoms with van der Waals surface area (Å²) >= 11 is 5.95. The Morgan fingerprint density at radius 3 is 2.67 bits per heavy atom. The summed E-state index contributed by atoms with van der Waals surface area (Å²) in [6.07, 6.45) is 0.997. The van der Waals surface area contributed by atoms with Gasteiger partial charge in [-0.2, -0.15) is 0 Å². The lowest BCUT2D eigenvalue weighted by Gasteiger charge is -2.26. The lowest BCUT2D eigenvalue weighted by molar-refractivity contribution is 0.0851. The average molecular weight is 302 g/mol. The molecule has 0 aromatic heterocycles. The number of halogens is 1. The van der Waals surface area contributed by atoms with E-state index in [1.165, 1.54) is 5.56 Å². The number of hydrogen-bond donors (Lipinski definition) is 1. The maximum atomic E-state index is 12.3. The molecule has 21 heavy (non-hydrogen) atoms. The molecule has 0 spiro atoms. The number of Topliss-reactive ketones (excluding diaryl/α,β-unsaturated/α-hetero) is 1. The maximum absolute atomic E-state index is 12.3. The fraction of sp³-hybridized carbons (Fsp3) is 0.235. The average Bonchev–Trinajstić information content (AvgIpc) is 2.48. The van der Waals surface area contributed by atoms with Crippen LogP contribution in [0.15, 0.2) is 36.4 Å². The molecule has 2 N–H and O–H groups in total. The minimum Gasteiger partial charge on any atom is -0.482 e. The topological polar surface area (TPSA) is 52.3 Å². The summed E-state index contributed by atoms with van der Waals surface area (Å²) in [7, 11) is 0. The predicted molar refractivity (Wildman–Crippen MR) is 84.0 cm³/mol. The van der Waals surface area contributed by atoms with Crippen LogP contribution in [0.5, 0.6) is 5.75 Å². The van der Waals surface area contributed by atoms with Crippen LogP contribution in [-0.2, 0) is 6.42 Å². The Bertz CT molecular complexity index is 695. The zero-order valence-electron chi connectivity index (χ0n) is 11.7. The van der Waals surface area contributed by atoms with Crippen LogP contribution in [0.25, 0.3) is 0 Å². The first kappa shape index (κ1) is 14.0. The van der Waals surface area contributed by atoms with Crippen LogP contribution in [0.1, 0.15) is 40.9 Å². The largest absolute Gasteiger partial charge is 0.482 e. The molecule has 1 aliphatic heterocycles. The summed E-state index contributed by atoms with van der Waals surface area (Å²) in [4.78, 5) is 12.3. The van der Waals surface area contributed by atoms with Crippen LogP contribution in [-0.4, -0.2) is 5.78 Å². The number of nitrogens with two attached hydrogens (primary N) is 1. The van der Waals surface area contributed by atoms with Crippen LogP contribution in [0, 0.1) is 0 Å².